The molecule has 1 rings (SSSR count). The van der Waals surface area contributed by atoms with Gasteiger partial charge >= 0.3 is 5.97 Å². The number of amides is 1. The van der Waals surface area contributed by atoms with Crippen molar-refractivity contribution < 1.29 is 14.7 Å². The Morgan fingerprint density at radius 1 is 1.29 bits per heavy atom. The average molecular weight is 235 g/mol. The lowest BCUT2D eigenvalue weighted by atomic mass is 10.1. The van der Waals surface area contributed by atoms with Gasteiger partial charge in [0.15, 0.2) is 0 Å². The highest BCUT2D eigenvalue weighted by atomic mass is 16.4. The molecule has 0 fully saturated rings. The van der Waals surface area contributed by atoms with Crippen LogP contribution in [0, 0.1) is 5.92 Å². The maximum atomic E-state index is 11.8. The molecule has 4 heteroatoms. The highest BCUT2D eigenvalue weighted by Gasteiger charge is 2.17. The summed E-state index contributed by atoms with van der Waals surface area (Å²) in [6.45, 7) is 1.83. The van der Waals surface area contributed by atoms with Crippen molar-refractivity contribution in [2.75, 3.05) is 13.6 Å². The van der Waals surface area contributed by atoms with Gasteiger partial charge in [0.1, 0.15) is 0 Å². The molecule has 0 saturated heterocycles. The molecule has 0 aliphatic carbocycles. The lowest BCUT2D eigenvalue weighted by Gasteiger charge is -2.19. The van der Waals surface area contributed by atoms with E-state index in [1.54, 1.807) is 14.0 Å². The van der Waals surface area contributed by atoms with Gasteiger partial charge in [-0.15, -0.1) is 0 Å². The number of benzene rings is 1. The zero-order chi connectivity index (χ0) is 12.8. The van der Waals surface area contributed by atoms with E-state index in [2.05, 4.69) is 0 Å². The Morgan fingerprint density at radius 3 is 2.41 bits per heavy atom. The molecule has 1 N–H and O–H groups in total. The molecule has 4 nitrogen and oxygen atoms in total. The van der Waals surface area contributed by atoms with Gasteiger partial charge in [-0.3, -0.25) is 9.59 Å². The van der Waals surface area contributed by atoms with Crippen LogP contribution in [0.2, 0.25) is 0 Å². The summed E-state index contributed by atoms with van der Waals surface area (Å²) in [4.78, 5) is 23.9. The van der Waals surface area contributed by atoms with Gasteiger partial charge in [0.25, 0.3) is 0 Å². The Morgan fingerprint density at radius 2 is 1.88 bits per heavy atom. The van der Waals surface area contributed by atoms with Crippen LogP contribution >= 0.6 is 0 Å². The van der Waals surface area contributed by atoms with Crippen molar-refractivity contribution in [3.8, 4) is 0 Å². The Kier molecular flexibility index (Phi) is 4.69. The molecule has 1 aromatic rings. The summed E-state index contributed by atoms with van der Waals surface area (Å²) >= 11 is 0. The SMILES string of the molecule is CC(CN(C)C(=O)Cc1ccccc1)C(=O)O. The quantitative estimate of drug-likeness (QED) is 0.839. The molecule has 0 aliphatic rings. The average Bonchev–Trinajstić information content (AvgIpc) is 2.29. The number of carboxylic acid groups (broad SMARTS) is 1. The predicted octanol–water partition coefficient (Wildman–Crippen LogP) is 1.41. The lowest BCUT2D eigenvalue weighted by Crippen LogP contribution is -2.34. The van der Waals surface area contributed by atoms with Crippen LogP contribution in [-0.2, 0) is 16.0 Å². The lowest BCUT2D eigenvalue weighted by molar-refractivity contribution is -0.142. The van der Waals surface area contributed by atoms with E-state index in [1.807, 2.05) is 30.3 Å². The minimum absolute atomic E-state index is 0.0655. The molecule has 17 heavy (non-hydrogen) atoms. The summed E-state index contributed by atoms with van der Waals surface area (Å²) in [6, 6.07) is 9.41. The molecule has 92 valence electrons. The molecular formula is C13H17NO3. The molecule has 0 aromatic heterocycles. The molecule has 1 amide bonds. The fourth-order valence-electron chi connectivity index (χ4n) is 1.50. The Balaban J connectivity index is 2.50. The minimum Gasteiger partial charge on any atom is -0.481 e. The third-order valence-electron chi connectivity index (χ3n) is 2.59. The molecule has 0 bridgehead atoms. The monoisotopic (exact) mass is 235 g/mol. The van der Waals surface area contributed by atoms with Crippen molar-refractivity contribution in [1.82, 2.24) is 4.90 Å². The summed E-state index contributed by atoms with van der Waals surface area (Å²) in [5.41, 5.74) is 0.937. The van der Waals surface area contributed by atoms with Crippen molar-refractivity contribution >= 4 is 11.9 Å². The van der Waals surface area contributed by atoms with Crippen LogP contribution in [0.3, 0.4) is 0 Å². The number of carbonyl (C=O) groups is 2. The standard InChI is InChI=1S/C13H17NO3/c1-10(13(16)17)9-14(2)12(15)8-11-6-4-3-5-7-11/h3-7,10H,8-9H2,1-2H3,(H,16,17). The van der Waals surface area contributed by atoms with E-state index in [1.165, 1.54) is 4.90 Å². The number of aliphatic carboxylic acids is 1. The van der Waals surface area contributed by atoms with Crippen LogP contribution in [0.1, 0.15) is 12.5 Å². The molecule has 1 aromatic carbocycles. The van der Waals surface area contributed by atoms with Gasteiger partial charge in [-0.2, -0.15) is 0 Å². The molecule has 0 aliphatic heterocycles. The van der Waals surface area contributed by atoms with Crippen LogP contribution in [-0.4, -0.2) is 35.5 Å². The van der Waals surface area contributed by atoms with Crippen LogP contribution < -0.4 is 0 Å². The number of hydrogen-bond donors (Lipinski definition) is 1. The van der Waals surface area contributed by atoms with Gasteiger partial charge in [-0.05, 0) is 5.56 Å². The predicted molar refractivity (Wildman–Crippen MR) is 64.6 cm³/mol. The number of nitrogens with zero attached hydrogens (tertiary/aromatic N) is 1. The van der Waals surface area contributed by atoms with Crippen molar-refractivity contribution in [3.63, 3.8) is 0 Å². The van der Waals surface area contributed by atoms with E-state index < -0.39 is 11.9 Å². The number of likely N-dealkylation sites (N-methyl/N-ethyl adjacent to an activating group) is 1. The Labute approximate surface area is 101 Å². The zero-order valence-corrected chi connectivity index (χ0v) is 10.1. The Hall–Kier alpha value is -1.84. The smallest absolute Gasteiger partial charge is 0.308 e. The van der Waals surface area contributed by atoms with E-state index >= 15 is 0 Å². The zero-order valence-electron chi connectivity index (χ0n) is 10.1. The van der Waals surface area contributed by atoms with Crippen molar-refractivity contribution in [2.45, 2.75) is 13.3 Å². The van der Waals surface area contributed by atoms with Gasteiger partial charge in [0, 0.05) is 13.6 Å². The summed E-state index contributed by atoms with van der Waals surface area (Å²) in [6.07, 6.45) is 0.309. The van der Waals surface area contributed by atoms with Crippen molar-refractivity contribution in [2.24, 2.45) is 5.92 Å². The van der Waals surface area contributed by atoms with Gasteiger partial charge in [-0.1, -0.05) is 37.3 Å². The topological polar surface area (TPSA) is 57.6 Å². The maximum absolute atomic E-state index is 11.8. The van der Waals surface area contributed by atoms with Gasteiger partial charge < -0.3 is 10.0 Å². The number of hydrogen-bond acceptors (Lipinski definition) is 2. The van der Waals surface area contributed by atoms with Gasteiger partial charge in [0.2, 0.25) is 5.91 Å². The maximum Gasteiger partial charge on any atom is 0.308 e. The van der Waals surface area contributed by atoms with Gasteiger partial charge in [-0.25, -0.2) is 0 Å². The summed E-state index contributed by atoms with van der Waals surface area (Å²) < 4.78 is 0. The summed E-state index contributed by atoms with van der Waals surface area (Å²) in [5, 5.41) is 8.76. The first kappa shape index (κ1) is 13.2. The Bertz CT molecular complexity index is 389. The molecular weight excluding hydrogens is 218 g/mol. The second-order valence-corrected chi connectivity index (χ2v) is 4.18. The first-order valence-corrected chi connectivity index (χ1v) is 5.51. The molecule has 0 radical (unpaired) electrons. The molecule has 1 unspecified atom stereocenters. The van der Waals surface area contributed by atoms with E-state index in [0.29, 0.717) is 6.42 Å². The first-order chi connectivity index (χ1) is 8.00. The molecule has 1 atom stereocenters. The second kappa shape index (κ2) is 6.03. The summed E-state index contributed by atoms with van der Waals surface area (Å²) in [5.74, 6) is -1.49. The second-order valence-electron chi connectivity index (χ2n) is 4.18. The number of carboxylic acids is 1. The molecule has 0 saturated carbocycles. The molecule has 0 heterocycles. The fourth-order valence-corrected chi connectivity index (χ4v) is 1.50. The molecule has 0 spiro atoms. The summed E-state index contributed by atoms with van der Waals surface area (Å²) in [7, 11) is 1.63. The third-order valence-corrected chi connectivity index (χ3v) is 2.59. The van der Waals surface area contributed by atoms with Crippen LogP contribution in [0.5, 0.6) is 0 Å². The van der Waals surface area contributed by atoms with Crippen molar-refractivity contribution in [1.29, 1.82) is 0 Å². The van der Waals surface area contributed by atoms with E-state index in [-0.39, 0.29) is 12.5 Å². The van der Waals surface area contributed by atoms with Crippen molar-refractivity contribution in [3.05, 3.63) is 35.9 Å². The first-order valence-electron chi connectivity index (χ1n) is 5.51. The van der Waals surface area contributed by atoms with E-state index in [9.17, 15) is 9.59 Å². The van der Waals surface area contributed by atoms with Crippen LogP contribution in [0.4, 0.5) is 0 Å². The van der Waals surface area contributed by atoms with E-state index in [4.69, 9.17) is 5.11 Å². The fraction of sp³-hybridized carbons (Fsp3) is 0.385. The van der Waals surface area contributed by atoms with Gasteiger partial charge in [0.05, 0.1) is 12.3 Å². The highest BCUT2D eigenvalue weighted by molar-refractivity contribution is 5.79. The third kappa shape index (κ3) is 4.26. The number of rotatable bonds is 5. The van der Waals surface area contributed by atoms with E-state index in [0.717, 1.165) is 5.56 Å². The normalized spacial score (nSPS) is 11.9. The largest absolute Gasteiger partial charge is 0.481 e. The van der Waals surface area contributed by atoms with Crippen LogP contribution in [0.25, 0.3) is 0 Å². The minimum atomic E-state index is -0.885. The van der Waals surface area contributed by atoms with Crippen LogP contribution in [0.15, 0.2) is 30.3 Å². The highest BCUT2D eigenvalue weighted by Crippen LogP contribution is 2.04. The number of carbonyl (C=O) groups excluding carboxylic acids is 1.